The van der Waals surface area contributed by atoms with Gasteiger partial charge in [0.05, 0.1) is 5.39 Å². The van der Waals surface area contributed by atoms with E-state index in [0.29, 0.717) is 43.0 Å². The smallest absolute Gasteiger partial charge is 0.193 e. The molecule has 7 nitrogen and oxygen atoms in total. The zero-order chi connectivity index (χ0) is 22.9. The molecule has 0 fully saturated rings. The Morgan fingerprint density at radius 2 is 1.70 bits per heavy atom. The van der Waals surface area contributed by atoms with E-state index >= 15 is 0 Å². The molecule has 166 valence electrons. The van der Waals surface area contributed by atoms with Crippen molar-refractivity contribution in [2.75, 3.05) is 26.2 Å². The van der Waals surface area contributed by atoms with Crippen LogP contribution in [-0.2, 0) is 6.54 Å². The Morgan fingerprint density at radius 3 is 2.48 bits per heavy atom. The Kier molecular flexibility index (Phi) is 7.38. The molecule has 7 heteroatoms. The van der Waals surface area contributed by atoms with Gasteiger partial charge in [-0.1, -0.05) is 47.6 Å². The lowest BCUT2D eigenvalue weighted by Gasteiger charge is -2.21. The number of hydrogen-bond donors (Lipinski definition) is 0. The van der Waals surface area contributed by atoms with Gasteiger partial charge in [0.15, 0.2) is 5.43 Å². The lowest BCUT2D eigenvalue weighted by molar-refractivity contribution is 0.206. The first kappa shape index (κ1) is 22.1. The second-order valence-corrected chi connectivity index (χ2v) is 7.56. The van der Waals surface area contributed by atoms with Crippen molar-refractivity contribution in [2.24, 2.45) is 5.11 Å². The van der Waals surface area contributed by atoms with E-state index in [-0.39, 0.29) is 5.43 Å². The standard InChI is InChI=1S/C26H24N4O3/c27-29-28-14-15-30(19-20-6-2-1-3-7-20)16-17-32-22-12-10-21(11-13-22)26-18-24(31)23-8-4-5-9-25(23)33-26/h1-13,18H,14-17,19H2. The SMILES string of the molecule is [N-]=[N+]=NCCN(CCOc1ccc(-c2cc(=O)c3ccccc3o2)cc1)Cc1ccccc1. The highest BCUT2D eigenvalue weighted by molar-refractivity contribution is 5.78. The van der Waals surface area contributed by atoms with Gasteiger partial charge in [-0.05, 0) is 47.5 Å². The van der Waals surface area contributed by atoms with Crippen molar-refractivity contribution in [1.29, 1.82) is 0 Å². The van der Waals surface area contributed by atoms with Crippen LogP contribution in [0.25, 0.3) is 32.7 Å². The molecule has 3 aromatic carbocycles. The summed E-state index contributed by atoms with van der Waals surface area (Å²) in [6.45, 7) is 3.01. The Balaban J connectivity index is 1.38. The molecule has 0 radical (unpaired) electrons. The van der Waals surface area contributed by atoms with Crippen LogP contribution in [0.2, 0.25) is 0 Å². The molecule has 0 aliphatic rings. The third-order valence-electron chi connectivity index (χ3n) is 5.28. The molecule has 0 bridgehead atoms. The fourth-order valence-electron chi connectivity index (χ4n) is 3.60. The van der Waals surface area contributed by atoms with Crippen LogP contribution in [0.3, 0.4) is 0 Å². The third-order valence-corrected chi connectivity index (χ3v) is 5.28. The minimum atomic E-state index is -0.0635. The number of hydrogen-bond acceptors (Lipinski definition) is 5. The van der Waals surface area contributed by atoms with Crippen molar-refractivity contribution in [3.8, 4) is 17.1 Å². The first-order valence-electron chi connectivity index (χ1n) is 10.8. The van der Waals surface area contributed by atoms with Crippen LogP contribution in [0, 0.1) is 0 Å². The lowest BCUT2D eigenvalue weighted by Crippen LogP contribution is -2.30. The van der Waals surface area contributed by atoms with Gasteiger partial charge in [0, 0.05) is 42.7 Å². The summed E-state index contributed by atoms with van der Waals surface area (Å²) in [5, 5.41) is 4.22. The lowest BCUT2D eigenvalue weighted by atomic mass is 10.1. The van der Waals surface area contributed by atoms with Gasteiger partial charge in [-0.15, -0.1) is 0 Å². The molecule has 0 amide bonds. The second kappa shape index (κ2) is 11.0. The van der Waals surface area contributed by atoms with Crippen molar-refractivity contribution in [3.63, 3.8) is 0 Å². The van der Waals surface area contributed by atoms with E-state index in [1.165, 1.54) is 11.6 Å². The maximum atomic E-state index is 12.4. The van der Waals surface area contributed by atoms with Gasteiger partial charge < -0.3 is 9.15 Å². The van der Waals surface area contributed by atoms with Crippen LogP contribution >= 0.6 is 0 Å². The van der Waals surface area contributed by atoms with E-state index in [9.17, 15) is 4.79 Å². The quantitative estimate of drug-likeness (QED) is 0.181. The third kappa shape index (κ3) is 6.01. The molecular formula is C26H24N4O3. The molecule has 4 rings (SSSR count). The van der Waals surface area contributed by atoms with E-state index in [4.69, 9.17) is 14.7 Å². The van der Waals surface area contributed by atoms with Crippen molar-refractivity contribution in [1.82, 2.24) is 4.90 Å². The molecule has 33 heavy (non-hydrogen) atoms. The maximum absolute atomic E-state index is 12.4. The average molecular weight is 441 g/mol. The van der Waals surface area contributed by atoms with Crippen LogP contribution in [0.4, 0.5) is 0 Å². The molecule has 0 spiro atoms. The predicted octanol–water partition coefficient (Wildman–Crippen LogP) is 5.65. The fraction of sp³-hybridized carbons (Fsp3) is 0.192. The normalized spacial score (nSPS) is 10.8. The summed E-state index contributed by atoms with van der Waals surface area (Å²) in [7, 11) is 0. The minimum Gasteiger partial charge on any atom is -0.492 e. The van der Waals surface area contributed by atoms with Crippen LogP contribution in [0.15, 0.2) is 99.3 Å². The second-order valence-electron chi connectivity index (χ2n) is 7.56. The topological polar surface area (TPSA) is 91.4 Å². The van der Waals surface area contributed by atoms with Gasteiger partial charge in [-0.25, -0.2) is 0 Å². The van der Waals surface area contributed by atoms with Crippen molar-refractivity contribution in [2.45, 2.75) is 6.54 Å². The van der Waals surface area contributed by atoms with Gasteiger partial charge in [0.2, 0.25) is 0 Å². The Bertz CT molecular complexity index is 1300. The summed E-state index contributed by atoms with van der Waals surface area (Å²) >= 11 is 0. The van der Waals surface area contributed by atoms with Gasteiger partial charge in [-0.3, -0.25) is 9.69 Å². The van der Waals surface area contributed by atoms with Gasteiger partial charge in [0.1, 0.15) is 23.7 Å². The summed E-state index contributed by atoms with van der Waals surface area (Å²) in [6, 6.07) is 26.4. The molecule has 0 atom stereocenters. The monoisotopic (exact) mass is 440 g/mol. The van der Waals surface area contributed by atoms with Gasteiger partial charge >= 0.3 is 0 Å². The highest BCUT2D eigenvalue weighted by Crippen LogP contribution is 2.24. The molecule has 0 unspecified atom stereocenters. The molecule has 0 aliphatic carbocycles. The fourth-order valence-corrected chi connectivity index (χ4v) is 3.60. The van der Waals surface area contributed by atoms with Crippen molar-refractivity contribution < 1.29 is 9.15 Å². The Hall–Kier alpha value is -4.06. The van der Waals surface area contributed by atoms with E-state index in [2.05, 4.69) is 27.1 Å². The van der Waals surface area contributed by atoms with E-state index < -0.39 is 0 Å². The number of fused-ring (bicyclic) bond motifs is 1. The van der Waals surface area contributed by atoms with E-state index in [1.54, 1.807) is 12.1 Å². The van der Waals surface area contributed by atoms with Crippen LogP contribution in [0.1, 0.15) is 5.56 Å². The zero-order valence-electron chi connectivity index (χ0n) is 18.1. The maximum Gasteiger partial charge on any atom is 0.193 e. The Morgan fingerprint density at radius 1 is 0.939 bits per heavy atom. The first-order chi connectivity index (χ1) is 16.2. The molecule has 4 aromatic rings. The van der Waals surface area contributed by atoms with Crippen LogP contribution in [0.5, 0.6) is 5.75 Å². The number of ether oxygens (including phenoxy) is 1. The summed E-state index contributed by atoms with van der Waals surface area (Å²) < 4.78 is 11.8. The van der Waals surface area contributed by atoms with Gasteiger partial charge in [-0.2, -0.15) is 0 Å². The average Bonchev–Trinajstić information content (AvgIpc) is 2.85. The summed E-state index contributed by atoms with van der Waals surface area (Å²) in [6.07, 6.45) is 0. The number of para-hydroxylation sites is 1. The number of azide groups is 1. The number of benzene rings is 3. The molecule has 1 heterocycles. The Labute approximate surface area is 191 Å². The van der Waals surface area contributed by atoms with Gasteiger partial charge in [0.25, 0.3) is 0 Å². The highest BCUT2D eigenvalue weighted by atomic mass is 16.5. The summed E-state index contributed by atoms with van der Waals surface area (Å²) in [5.41, 5.74) is 11.1. The predicted molar refractivity (Wildman–Crippen MR) is 129 cm³/mol. The first-order valence-corrected chi connectivity index (χ1v) is 10.8. The molecule has 0 aliphatic heterocycles. The summed E-state index contributed by atoms with van der Waals surface area (Å²) in [5.74, 6) is 1.26. The molecule has 0 N–H and O–H groups in total. The highest BCUT2D eigenvalue weighted by Gasteiger charge is 2.08. The van der Waals surface area contributed by atoms with Crippen LogP contribution < -0.4 is 10.2 Å². The number of rotatable bonds is 10. The molecule has 0 saturated heterocycles. The van der Waals surface area contributed by atoms with Crippen molar-refractivity contribution >= 4 is 11.0 Å². The zero-order valence-corrected chi connectivity index (χ0v) is 18.1. The largest absolute Gasteiger partial charge is 0.492 e. The molecule has 0 saturated carbocycles. The summed E-state index contributed by atoms with van der Waals surface area (Å²) in [4.78, 5) is 17.4. The van der Waals surface area contributed by atoms with Crippen LogP contribution in [-0.4, -0.2) is 31.1 Å². The number of nitrogens with zero attached hydrogens (tertiary/aromatic N) is 4. The van der Waals surface area contributed by atoms with E-state index in [1.807, 2.05) is 54.6 Å². The van der Waals surface area contributed by atoms with Crippen molar-refractivity contribution in [3.05, 3.63) is 111 Å². The minimum absolute atomic E-state index is 0.0635. The molecule has 1 aromatic heterocycles. The molecular weight excluding hydrogens is 416 g/mol. The van der Waals surface area contributed by atoms with E-state index in [0.717, 1.165) is 17.9 Å².